The Morgan fingerprint density at radius 2 is 2.50 bits per heavy atom. The summed E-state index contributed by atoms with van der Waals surface area (Å²) in [6.45, 7) is 3.50. The molecular formula is C10H15N3O2S. The fourth-order valence-corrected chi connectivity index (χ4v) is 2.63. The molecule has 6 heteroatoms. The molecule has 0 spiro atoms. The highest BCUT2D eigenvalue weighted by atomic mass is 32.1. The van der Waals surface area contributed by atoms with E-state index in [2.05, 4.69) is 9.59 Å². The summed E-state index contributed by atoms with van der Waals surface area (Å²) in [5, 5.41) is 13.0. The minimum Gasteiger partial charge on any atom is -0.396 e. The van der Waals surface area contributed by atoms with E-state index in [0.717, 1.165) is 36.6 Å². The van der Waals surface area contributed by atoms with Gasteiger partial charge in [0.2, 0.25) is 0 Å². The second kappa shape index (κ2) is 4.88. The number of aliphatic hydroxyl groups is 1. The quantitative estimate of drug-likeness (QED) is 0.839. The molecule has 16 heavy (non-hydrogen) atoms. The third-order valence-corrected chi connectivity index (χ3v) is 3.67. The third kappa shape index (κ3) is 2.08. The maximum atomic E-state index is 12.1. The van der Waals surface area contributed by atoms with E-state index in [9.17, 15) is 4.79 Å². The van der Waals surface area contributed by atoms with Crippen molar-refractivity contribution >= 4 is 17.4 Å². The average Bonchev–Trinajstić information content (AvgIpc) is 2.96. The van der Waals surface area contributed by atoms with Crippen LogP contribution in [0.3, 0.4) is 0 Å². The number of aliphatic hydroxyl groups excluding tert-OH is 1. The number of nitrogens with zero attached hydrogens (tertiary/aromatic N) is 3. The van der Waals surface area contributed by atoms with E-state index in [1.54, 1.807) is 4.90 Å². The Balaban J connectivity index is 2.08. The van der Waals surface area contributed by atoms with Crippen LogP contribution in [0.2, 0.25) is 0 Å². The predicted molar refractivity (Wildman–Crippen MR) is 60.4 cm³/mol. The van der Waals surface area contributed by atoms with Crippen molar-refractivity contribution in [2.24, 2.45) is 5.92 Å². The van der Waals surface area contributed by atoms with E-state index >= 15 is 0 Å². The summed E-state index contributed by atoms with van der Waals surface area (Å²) in [7, 11) is 0. The number of rotatable bonds is 3. The molecule has 1 atom stereocenters. The molecule has 0 radical (unpaired) electrons. The number of hydrogen-bond acceptors (Lipinski definition) is 5. The van der Waals surface area contributed by atoms with Gasteiger partial charge in [-0.05, 0) is 24.4 Å². The number of hydrogen-bond donors (Lipinski definition) is 1. The summed E-state index contributed by atoms with van der Waals surface area (Å²) in [4.78, 5) is 14.6. The van der Waals surface area contributed by atoms with Crippen LogP contribution in [0.1, 0.15) is 28.7 Å². The summed E-state index contributed by atoms with van der Waals surface area (Å²) < 4.78 is 3.82. The van der Waals surface area contributed by atoms with Gasteiger partial charge in [-0.1, -0.05) is 11.4 Å². The molecule has 1 aromatic rings. The van der Waals surface area contributed by atoms with E-state index in [1.807, 2.05) is 6.92 Å². The third-order valence-electron chi connectivity index (χ3n) is 2.92. The Kier molecular flexibility index (Phi) is 3.50. The zero-order valence-corrected chi connectivity index (χ0v) is 10.0. The number of aromatic nitrogens is 2. The van der Waals surface area contributed by atoms with Gasteiger partial charge >= 0.3 is 0 Å². The largest absolute Gasteiger partial charge is 0.396 e. The Labute approximate surface area is 98.2 Å². The zero-order chi connectivity index (χ0) is 11.5. The highest BCUT2D eigenvalue weighted by Crippen LogP contribution is 2.21. The van der Waals surface area contributed by atoms with Crippen LogP contribution in [-0.4, -0.2) is 45.2 Å². The molecule has 1 N–H and O–H groups in total. The smallest absolute Gasteiger partial charge is 0.267 e. The van der Waals surface area contributed by atoms with Crippen molar-refractivity contribution in [3.8, 4) is 0 Å². The first kappa shape index (κ1) is 11.5. The minimum atomic E-state index is 0.0165. The van der Waals surface area contributed by atoms with Crippen molar-refractivity contribution < 1.29 is 9.90 Å². The molecule has 1 fully saturated rings. The van der Waals surface area contributed by atoms with Crippen LogP contribution in [0.4, 0.5) is 0 Å². The lowest BCUT2D eigenvalue weighted by atomic mass is 10.1. The van der Waals surface area contributed by atoms with Crippen LogP contribution in [-0.2, 0) is 6.42 Å². The molecule has 1 unspecified atom stereocenters. The van der Waals surface area contributed by atoms with E-state index in [1.165, 1.54) is 0 Å². The summed E-state index contributed by atoms with van der Waals surface area (Å²) in [6.07, 6.45) is 1.62. The molecule has 1 saturated heterocycles. The number of likely N-dealkylation sites (tertiary alicyclic amines) is 1. The fraction of sp³-hybridized carbons (Fsp3) is 0.700. The van der Waals surface area contributed by atoms with Gasteiger partial charge in [0, 0.05) is 25.6 Å². The Morgan fingerprint density at radius 3 is 3.12 bits per heavy atom. The van der Waals surface area contributed by atoms with Gasteiger partial charge in [-0.3, -0.25) is 4.79 Å². The Morgan fingerprint density at radius 1 is 1.69 bits per heavy atom. The van der Waals surface area contributed by atoms with E-state index in [0.29, 0.717) is 11.4 Å². The van der Waals surface area contributed by atoms with Crippen molar-refractivity contribution in [2.75, 3.05) is 19.7 Å². The van der Waals surface area contributed by atoms with Crippen molar-refractivity contribution in [1.29, 1.82) is 0 Å². The highest BCUT2D eigenvalue weighted by molar-refractivity contribution is 7.08. The van der Waals surface area contributed by atoms with Crippen LogP contribution in [0.5, 0.6) is 0 Å². The number of aryl methyl sites for hydroxylation is 1. The van der Waals surface area contributed by atoms with E-state index < -0.39 is 0 Å². The number of carbonyl (C=O) groups is 1. The molecule has 0 aromatic carbocycles. The second-order valence-corrected chi connectivity index (χ2v) is 4.74. The van der Waals surface area contributed by atoms with Crippen molar-refractivity contribution in [3.05, 3.63) is 10.6 Å². The summed E-state index contributed by atoms with van der Waals surface area (Å²) in [6, 6.07) is 0. The maximum Gasteiger partial charge on any atom is 0.267 e. The fourth-order valence-electron chi connectivity index (χ4n) is 1.91. The second-order valence-electron chi connectivity index (χ2n) is 3.99. The standard InChI is InChI=1S/C10H15N3O2S/c1-2-8-9(16-12-11-8)10(15)13-4-3-7(5-13)6-14/h7,14H,2-6H2,1H3. The summed E-state index contributed by atoms with van der Waals surface area (Å²) in [5.74, 6) is 0.248. The molecule has 0 bridgehead atoms. The van der Waals surface area contributed by atoms with Crippen LogP contribution < -0.4 is 0 Å². The molecule has 1 aromatic heterocycles. The predicted octanol–water partition coefficient (Wildman–Crippen LogP) is 0.555. The minimum absolute atomic E-state index is 0.0165. The van der Waals surface area contributed by atoms with Crippen molar-refractivity contribution in [1.82, 2.24) is 14.5 Å². The summed E-state index contributed by atoms with van der Waals surface area (Å²) >= 11 is 1.16. The molecule has 88 valence electrons. The van der Waals surface area contributed by atoms with Crippen molar-refractivity contribution in [2.45, 2.75) is 19.8 Å². The molecule has 5 nitrogen and oxygen atoms in total. The van der Waals surface area contributed by atoms with Gasteiger partial charge in [-0.15, -0.1) is 5.10 Å². The van der Waals surface area contributed by atoms with Crippen LogP contribution in [0.25, 0.3) is 0 Å². The lowest BCUT2D eigenvalue weighted by Crippen LogP contribution is -2.29. The van der Waals surface area contributed by atoms with Crippen LogP contribution >= 0.6 is 11.5 Å². The van der Waals surface area contributed by atoms with Gasteiger partial charge in [0.15, 0.2) is 0 Å². The SMILES string of the molecule is CCc1nnsc1C(=O)N1CCC(CO)C1. The monoisotopic (exact) mass is 241 g/mol. The molecule has 0 aliphatic carbocycles. The van der Waals surface area contributed by atoms with Gasteiger partial charge in [-0.2, -0.15) is 0 Å². The lowest BCUT2D eigenvalue weighted by Gasteiger charge is -2.14. The van der Waals surface area contributed by atoms with Gasteiger partial charge in [0.1, 0.15) is 4.88 Å². The van der Waals surface area contributed by atoms with Gasteiger partial charge in [0.05, 0.1) is 5.69 Å². The molecule has 2 rings (SSSR count). The number of amides is 1. The molecule has 2 heterocycles. The first-order chi connectivity index (χ1) is 7.76. The van der Waals surface area contributed by atoms with Gasteiger partial charge < -0.3 is 10.0 Å². The lowest BCUT2D eigenvalue weighted by molar-refractivity contribution is 0.0785. The first-order valence-corrected chi connectivity index (χ1v) is 6.25. The Bertz CT molecular complexity index is 380. The average molecular weight is 241 g/mol. The van der Waals surface area contributed by atoms with Crippen molar-refractivity contribution in [3.63, 3.8) is 0 Å². The van der Waals surface area contributed by atoms with E-state index in [4.69, 9.17) is 5.11 Å². The normalized spacial score (nSPS) is 20.4. The zero-order valence-electron chi connectivity index (χ0n) is 9.22. The highest BCUT2D eigenvalue weighted by Gasteiger charge is 2.28. The molecule has 1 aliphatic rings. The van der Waals surface area contributed by atoms with Crippen LogP contribution in [0.15, 0.2) is 0 Å². The topological polar surface area (TPSA) is 66.3 Å². The maximum absolute atomic E-state index is 12.1. The van der Waals surface area contributed by atoms with Gasteiger partial charge in [0.25, 0.3) is 5.91 Å². The van der Waals surface area contributed by atoms with Crippen LogP contribution in [0, 0.1) is 5.92 Å². The first-order valence-electron chi connectivity index (χ1n) is 5.47. The van der Waals surface area contributed by atoms with E-state index in [-0.39, 0.29) is 18.4 Å². The van der Waals surface area contributed by atoms with Gasteiger partial charge in [-0.25, -0.2) is 0 Å². The Hall–Kier alpha value is -1.01. The summed E-state index contributed by atoms with van der Waals surface area (Å²) in [5.41, 5.74) is 0.780. The molecule has 1 aliphatic heterocycles. The number of carbonyl (C=O) groups excluding carboxylic acids is 1. The molecule has 1 amide bonds. The molecule has 0 saturated carbocycles. The molecular weight excluding hydrogens is 226 g/mol.